The number of rotatable bonds is 5. The van der Waals surface area contributed by atoms with Crippen LogP contribution in [-0.4, -0.2) is 32.7 Å². The van der Waals surface area contributed by atoms with Gasteiger partial charge in [-0.2, -0.15) is 0 Å². The Hall–Kier alpha value is -1.55. The van der Waals surface area contributed by atoms with Crippen molar-refractivity contribution in [1.82, 2.24) is 10.6 Å². The van der Waals surface area contributed by atoms with E-state index in [0.29, 0.717) is 11.8 Å². The van der Waals surface area contributed by atoms with Gasteiger partial charge in [-0.25, -0.2) is 0 Å². The average Bonchev–Trinajstić information content (AvgIpc) is 2.96. The fourth-order valence-corrected chi connectivity index (χ4v) is 2.60. The predicted molar refractivity (Wildman–Crippen MR) is 87.4 cm³/mol. The van der Waals surface area contributed by atoms with Crippen molar-refractivity contribution < 1.29 is 4.74 Å². The summed E-state index contributed by atoms with van der Waals surface area (Å²) in [6.45, 7) is 7.04. The molecule has 1 aromatic rings. The highest BCUT2D eigenvalue weighted by molar-refractivity contribution is 5.79. The first kappa shape index (κ1) is 15.8. The normalized spacial score (nSPS) is 22.6. The molecule has 0 spiro atoms. The molecule has 0 amide bonds. The van der Waals surface area contributed by atoms with Crippen LogP contribution >= 0.6 is 0 Å². The Bertz CT molecular complexity index is 445. The van der Waals surface area contributed by atoms with E-state index in [-0.39, 0.29) is 6.10 Å². The Morgan fingerprint density at radius 1 is 1.29 bits per heavy atom. The molecule has 0 saturated carbocycles. The molecule has 4 nitrogen and oxygen atoms in total. The van der Waals surface area contributed by atoms with Gasteiger partial charge in [-0.05, 0) is 17.9 Å². The van der Waals surface area contributed by atoms with Crippen molar-refractivity contribution in [2.45, 2.75) is 26.4 Å². The Morgan fingerprint density at radius 2 is 2.05 bits per heavy atom. The van der Waals surface area contributed by atoms with Gasteiger partial charge in [-0.1, -0.05) is 44.2 Å². The minimum Gasteiger partial charge on any atom is -0.373 e. The second-order valence-electron chi connectivity index (χ2n) is 5.98. The van der Waals surface area contributed by atoms with Crippen molar-refractivity contribution in [2.75, 3.05) is 26.7 Å². The Morgan fingerprint density at radius 3 is 2.71 bits per heavy atom. The predicted octanol–water partition coefficient (Wildman–Crippen LogP) is 2.59. The first-order valence-corrected chi connectivity index (χ1v) is 7.81. The van der Waals surface area contributed by atoms with E-state index in [1.54, 1.807) is 0 Å². The monoisotopic (exact) mass is 289 g/mol. The van der Waals surface area contributed by atoms with Crippen LogP contribution in [0.5, 0.6) is 0 Å². The molecule has 0 radical (unpaired) electrons. The van der Waals surface area contributed by atoms with Crippen LogP contribution in [0.15, 0.2) is 35.3 Å². The van der Waals surface area contributed by atoms with Crippen LogP contribution in [0.2, 0.25) is 0 Å². The molecule has 1 aliphatic heterocycles. The van der Waals surface area contributed by atoms with Crippen molar-refractivity contribution >= 4 is 5.96 Å². The van der Waals surface area contributed by atoms with E-state index in [2.05, 4.69) is 53.7 Å². The van der Waals surface area contributed by atoms with Crippen molar-refractivity contribution in [2.24, 2.45) is 16.8 Å². The second-order valence-corrected chi connectivity index (χ2v) is 5.98. The first-order chi connectivity index (χ1) is 10.2. The van der Waals surface area contributed by atoms with Gasteiger partial charge in [0.25, 0.3) is 0 Å². The minimum absolute atomic E-state index is 0.196. The second kappa shape index (κ2) is 8.03. The first-order valence-electron chi connectivity index (χ1n) is 7.81. The number of benzene rings is 1. The molecular weight excluding hydrogens is 262 g/mol. The highest BCUT2D eigenvalue weighted by Crippen LogP contribution is 2.33. The fourth-order valence-electron chi connectivity index (χ4n) is 2.60. The number of nitrogens with zero attached hydrogens (tertiary/aromatic N) is 1. The molecule has 0 aromatic heterocycles. The molecule has 2 unspecified atom stereocenters. The van der Waals surface area contributed by atoms with Crippen LogP contribution in [-0.2, 0) is 4.74 Å². The molecule has 1 aliphatic rings. The summed E-state index contributed by atoms with van der Waals surface area (Å²) in [5.41, 5.74) is 1.27. The van der Waals surface area contributed by atoms with Crippen LogP contribution in [0, 0.1) is 11.8 Å². The van der Waals surface area contributed by atoms with Crippen LogP contribution in [0.1, 0.15) is 31.9 Å². The molecule has 4 heteroatoms. The zero-order valence-corrected chi connectivity index (χ0v) is 13.3. The minimum atomic E-state index is 0.196. The van der Waals surface area contributed by atoms with E-state index >= 15 is 0 Å². The zero-order valence-electron chi connectivity index (χ0n) is 13.3. The molecule has 116 valence electrons. The lowest BCUT2D eigenvalue weighted by Gasteiger charge is -2.21. The molecule has 21 heavy (non-hydrogen) atoms. The third-order valence-corrected chi connectivity index (χ3v) is 3.78. The lowest BCUT2D eigenvalue weighted by atomic mass is 9.95. The Kier molecular flexibility index (Phi) is 6.05. The summed E-state index contributed by atoms with van der Waals surface area (Å²) < 4.78 is 5.92. The molecule has 0 aliphatic carbocycles. The molecular formula is C17H27N3O. The summed E-state index contributed by atoms with van der Waals surface area (Å²) in [6, 6.07) is 10.5. The van der Waals surface area contributed by atoms with Crippen LogP contribution in [0.3, 0.4) is 0 Å². The number of nitrogens with one attached hydrogen (secondary N) is 2. The third-order valence-electron chi connectivity index (χ3n) is 3.78. The number of aliphatic imine (C=N–C) groups is 1. The highest BCUT2D eigenvalue weighted by atomic mass is 16.5. The van der Waals surface area contributed by atoms with Gasteiger partial charge >= 0.3 is 0 Å². The van der Waals surface area contributed by atoms with Gasteiger partial charge in [0.05, 0.1) is 6.10 Å². The van der Waals surface area contributed by atoms with Crippen LogP contribution < -0.4 is 10.6 Å². The van der Waals surface area contributed by atoms with E-state index < -0.39 is 0 Å². The Balaban J connectivity index is 1.87. The highest BCUT2D eigenvalue weighted by Gasteiger charge is 2.29. The molecule has 1 fully saturated rings. The Labute approximate surface area is 128 Å². The average molecular weight is 289 g/mol. The molecule has 2 rings (SSSR count). The zero-order chi connectivity index (χ0) is 15.1. The lowest BCUT2D eigenvalue weighted by Crippen LogP contribution is -2.41. The molecule has 1 heterocycles. The van der Waals surface area contributed by atoms with Gasteiger partial charge in [-0.3, -0.25) is 4.99 Å². The van der Waals surface area contributed by atoms with Gasteiger partial charge < -0.3 is 15.4 Å². The summed E-state index contributed by atoms with van der Waals surface area (Å²) >= 11 is 0. The van der Waals surface area contributed by atoms with Crippen molar-refractivity contribution in [3.8, 4) is 0 Å². The van der Waals surface area contributed by atoms with E-state index in [1.807, 2.05) is 13.1 Å². The van der Waals surface area contributed by atoms with Crippen LogP contribution in [0.25, 0.3) is 0 Å². The van der Waals surface area contributed by atoms with Crippen molar-refractivity contribution in [3.05, 3.63) is 35.9 Å². The summed E-state index contributed by atoms with van der Waals surface area (Å²) in [4.78, 5) is 4.27. The quantitative estimate of drug-likeness (QED) is 0.647. The maximum atomic E-state index is 5.92. The summed E-state index contributed by atoms with van der Waals surface area (Å²) in [5.74, 6) is 1.97. The summed E-state index contributed by atoms with van der Waals surface area (Å²) in [7, 11) is 1.81. The molecule has 2 N–H and O–H groups in total. The topological polar surface area (TPSA) is 45.7 Å². The fraction of sp³-hybridized carbons (Fsp3) is 0.588. The van der Waals surface area contributed by atoms with Crippen LogP contribution in [0.4, 0.5) is 0 Å². The van der Waals surface area contributed by atoms with Crippen molar-refractivity contribution in [3.63, 3.8) is 0 Å². The molecule has 0 bridgehead atoms. The van der Waals surface area contributed by atoms with Gasteiger partial charge in [0.2, 0.25) is 0 Å². The van der Waals surface area contributed by atoms with Gasteiger partial charge in [0.1, 0.15) is 0 Å². The SMILES string of the molecule is CN=C(NCC(C)C)NCC1CCOC1c1ccccc1. The maximum absolute atomic E-state index is 5.92. The third kappa shape index (κ3) is 4.74. The maximum Gasteiger partial charge on any atom is 0.190 e. The largest absolute Gasteiger partial charge is 0.373 e. The summed E-state index contributed by atoms with van der Waals surface area (Å²) in [6.07, 6.45) is 1.29. The van der Waals surface area contributed by atoms with Gasteiger partial charge in [0, 0.05) is 32.7 Å². The number of hydrogen-bond acceptors (Lipinski definition) is 2. The molecule has 1 saturated heterocycles. The van der Waals surface area contributed by atoms with E-state index in [4.69, 9.17) is 4.74 Å². The van der Waals surface area contributed by atoms with Gasteiger partial charge in [-0.15, -0.1) is 0 Å². The molecule has 2 atom stereocenters. The van der Waals surface area contributed by atoms with Gasteiger partial charge in [0.15, 0.2) is 5.96 Å². The van der Waals surface area contributed by atoms with E-state index in [9.17, 15) is 0 Å². The lowest BCUT2D eigenvalue weighted by molar-refractivity contribution is 0.0915. The van der Waals surface area contributed by atoms with E-state index in [1.165, 1.54) is 5.56 Å². The number of hydrogen-bond donors (Lipinski definition) is 2. The number of guanidine groups is 1. The molecule has 1 aromatic carbocycles. The smallest absolute Gasteiger partial charge is 0.190 e. The number of ether oxygens (including phenoxy) is 1. The van der Waals surface area contributed by atoms with E-state index in [0.717, 1.165) is 32.1 Å². The summed E-state index contributed by atoms with van der Waals surface area (Å²) in [5, 5.41) is 6.77. The standard InChI is InChI=1S/C17H27N3O/c1-13(2)11-19-17(18-3)20-12-15-9-10-21-16(15)14-7-5-4-6-8-14/h4-8,13,15-16H,9-12H2,1-3H3,(H2,18,19,20). The van der Waals surface area contributed by atoms with Crippen molar-refractivity contribution in [1.29, 1.82) is 0 Å².